The van der Waals surface area contributed by atoms with Crippen molar-refractivity contribution in [2.24, 2.45) is 4.99 Å². The van der Waals surface area contributed by atoms with Crippen molar-refractivity contribution in [3.63, 3.8) is 0 Å². The number of rotatable bonds is 9. The highest BCUT2D eigenvalue weighted by atomic mass is 127. The van der Waals surface area contributed by atoms with E-state index in [9.17, 15) is 5.11 Å². The molecule has 0 fully saturated rings. The van der Waals surface area contributed by atoms with Gasteiger partial charge in [0.2, 0.25) is 0 Å². The number of aliphatic imine (C=N–C) groups is 1. The molecule has 1 atom stereocenters. The van der Waals surface area contributed by atoms with Crippen LogP contribution in [0.15, 0.2) is 47.5 Å². The van der Waals surface area contributed by atoms with E-state index in [2.05, 4.69) is 10.3 Å². The Hall–Kier alpha value is -0.870. The van der Waals surface area contributed by atoms with Crippen LogP contribution < -0.4 is 5.32 Å². The van der Waals surface area contributed by atoms with Gasteiger partial charge in [0.05, 0.1) is 36.7 Å². The molecule has 0 bridgehead atoms. The molecule has 1 aromatic heterocycles. The van der Waals surface area contributed by atoms with Gasteiger partial charge in [-0.1, -0.05) is 41.9 Å². The van der Waals surface area contributed by atoms with Crippen LogP contribution in [0.1, 0.15) is 17.4 Å². The highest BCUT2D eigenvalue weighted by Gasteiger charge is 2.10. The highest BCUT2D eigenvalue weighted by Crippen LogP contribution is 2.22. The summed E-state index contributed by atoms with van der Waals surface area (Å²) in [6, 6.07) is 13.8. The van der Waals surface area contributed by atoms with Gasteiger partial charge in [-0.25, -0.2) is 0 Å². The number of aliphatic hydroxyl groups is 1. The van der Waals surface area contributed by atoms with Crippen molar-refractivity contribution in [3.05, 3.63) is 57.2 Å². The number of ether oxygens (including phenoxy) is 1. The topological polar surface area (TPSA) is 57.1 Å². The average Bonchev–Trinajstić information content (AvgIpc) is 3.04. The van der Waals surface area contributed by atoms with Gasteiger partial charge in [0, 0.05) is 18.5 Å². The molecule has 0 amide bonds. The molecule has 2 rings (SSSR count). The molecule has 0 aliphatic carbocycles. The summed E-state index contributed by atoms with van der Waals surface area (Å²) in [5.41, 5.74) is 1.09. The Morgan fingerprint density at radius 2 is 2.04 bits per heavy atom. The van der Waals surface area contributed by atoms with Gasteiger partial charge in [0.1, 0.15) is 0 Å². The summed E-state index contributed by atoms with van der Waals surface area (Å²) in [7, 11) is 1.97. The second-order valence-corrected chi connectivity index (χ2v) is 7.71. The predicted octanol–water partition coefficient (Wildman–Crippen LogP) is 3.99. The zero-order chi connectivity index (χ0) is 18.8. The normalized spacial score (nSPS) is 12.4. The second-order valence-electron chi connectivity index (χ2n) is 5.91. The molecular weight excluding hydrogens is 497 g/mol. The van der Waals surface area contributed by atoms with Crippen molar-refractivity contribution in [1.82, 2.24) is 10.2 Å². The minimum Gasteiger partial charge on any atom is -0.389 e. The van der Waals surface area contributed by atoms with Crippen LogP contribution in [0.3, 0.4) is 0 Å². The molecule has 27 heavy (non-hydrogen) atoms. The fourth-order valence-corrected chi connectivity index (χ4v) is 3.49. The molecule has 8 heteroatoms. The van der Waals surface area contributed by atoms with E-state index in [0.717, 1.165) is 27.3 Å². The monoisotopic (exact) mass is 523 g/mol. The van der Waals surface area contributed by atoms with Crippen molar-refractivity contribution < 1.29 is 9.84 Å². The van der Waals surface area contributed by atoms with Crippen LogP contribution in [0.5, 0.6) is 0 Å². The molecule has 1 aromatic carbocycles. The largest absolute Gasteiger partial charge is 0.389 e. The van der Waals surface area contributed by atoms with Crippen LogP contribution in [0.4, 0.5) is 0 Å². The average molecular weight is 524 g/mol. The van der Waals surface area contributed by atoms with E-state index in [4.69, 9.17) is 16.3 Å². The molecule has 2 aromatic rings. The third-order valence-corrected chi connectivity index (χ3v) is 4.81. The van der Waals surface area contributed by atoms with Crippen LogP contribution >= 0.6 is 46.9 Å². The van der Waals surface area contributed by atoms with Gasteiger partial charge in [-0.2, -0.15) is 0 Å². The van der Waals surface area contributed by atoms with Crippen molar-refractivity contribution >= 4 is 52.9 Å². The van der Waals surface area contributed by atoms with Crippen LogP contribution in [-0.2, 0) is 17.9 Å². The van der Waals surface area contributed by atoms with Gasteiger partial charge in [0.15, 0.2) is 5.96 Å². The number of aliphatic hydroxyl groups excluding tert-OH is 1. The van der Waals surface area contributed by atoms with E-state index < -0.39 is 6.10 Å². The van der Waals surface area contributed by atoms with Crippen LogP contribution in [0.25, 0.3) is 0 Å². The Balaban J connectivity index is 0.00000364. The smallest absolute Gasteiger partial charge is 0.194 e. The zero-order valence-electron chi connectivity index (χ0n) is 15.6. The first kappa shape index (κ1) is 24.2. The molecule has 5 nitrogen and oxygen atoms in total. The SMILES string of the molecule is CCNC(=NCC(O)COCc1ccccc1)N(C)Cc1ccc(Cl)s1.I. The number of hydrogen-bond acceptors (Lipinski definition) is 4. The van der Waals surface area contributed by atoms with Gasteiger partial charge in [-0.05, 0) is 24.6 Å². The minimum absolute atomic E-state index is 0. The Labute approximate surface area is 187 Å². The number of thiophene rings is 1. The Morgan fingerprint density at radius 1 is 1.30 bits per heavy atom. The van der Waals surface area contributed by atoms with E-state index in [1.54, 1.807) is 11.3 Å². The van der Waals surface area contributed by atoms with E-state index in [0.29, 0.717) is 13.2 Å². The summed E-state index contributed by atoms with van der Waals surface area (Å²) in [4.78, 5) is 7.69. The van der Waals surface area contributed by atoms with Crippen molar-refractivity contribution in [1.29, 1.82) is 0 Å². The van der Waals surface area contributed by atoms with Crippen molar-refractivity contribution in [3.8, 4) is 0 Å². The number of nitrogens with zero attached hydrogens (tertiary/aromatic N) is 2. The third kappa shape index (κ3) is 9.25. The maximum Gasteiger partial charge on any atom is 0.194 e. The summed E-state index contributed by atoms with van der Waals surface area (Å²) in [5.74, 6) is 0.749. The van der Waals surface area contributed by atoms with Gasteiger partial charge < -0.3 is 20.1 Å². The summed E-state index contributed by atoms with van der Waals surface area (Å²) in [6.45, 7) is 4.51. The first-order chi connectivity index (χ1) is 12.6. The first-order valence-electron chi connectivity index (χ1n) is 8.62. The molecule has 0 radical (unpaired) electrons. The quantitative estimate of drug-likeness (QED) is 0.296. The van der Waals surface area contributed by atoms with Gasteiger partial charge in [-0.15, -0.1) is 35.3 Å². The number of benzene rings is 1. The molecule has 0 aliphatic heterocycles. The van der Waals surface area contributed by atoms with Crippen molar-refractivity contribution in [2.75, 3.05) is 26.7 Å². The molecule has 0 saturated carbocycles. The fourth-order valence-electron chi connectivity index (χ4n) is 2.35. The summed E-state index contributed by atoms with van der Waals surface area (Å²) in [6.07, 6.45) is -0.642. The van der Waals surface area contributed by atoms with Gasteiger partial charge >= 0.3 is 0 Å². The Kier molecular flexibility index (Phi) is 11.9. The molecule has 0 aliphatic rings. The summed E-state index contributed by atoms with van der Waals surface area (Å²) < 4.78 is 6.35. The molecule has 2 N–H and O–H groups in total. The molecule has 150 valence electrons. The maximum atomic E-state index is 10.1. The van der Waals surface area contributed by atoms with Crippen LogP contribution in [-0.4, -0.2) is 48.8 Å². The number of hydrogen-bond donors (Lipinski definition) is 2. The number of nitrogens with one attached hydrogen (secondary N) is 1. The lowest BCUT2D eigenvalue weighted by molar-refractivity contribution is 0.0330. The molecule has 1 heterocycles. The summed E-state index contributed by atoms with van der Waals surface area (Å²) in [5, 5.41) is 13.4. The molecular formula is C19H27ClIN3O2S. The number of guanidine groups is 1. The minimum atomic E-state index is -0.642. The Bertz CT molecular complexity index is 685. The Morgan fingerprint density at radius 3 is 2.67 bits per heavy atom. The highest BCUT2D eigenvalue weighted by molar-refractivity contribution is 14.0. The lowest BCUT2D eigenvalue weighted by atomic mass is 10.2. The first-order valence-corrected chi connectivity index (χ1v) is 9.81. The van der Waals surface area contributed by atoms with E-state index in [1.807, 2.05) is 61.3 Å². The molecule has 0 saturated heterocycles. The third-order valence-electron chi connectivity index (χ3n) is 3.59. The lowest BCUT2D eigenvalue weighted by Gasteiger charge is -2.22. The zero-order valence-corrected chi connectivity index (χ0v) is 19.5. The molecule has 0 spiro atoms. The van der Waals surface area contributed by atoms with Crippen LogP contribution in [0, 0.1) is 0 Å². The predicted molar refractivity (Wildman–Crippen MR) is 124 cm³/mol. The van der Waals surface area contributed by atoms with E-state index in [-0.39, 0.29) is 37.1 Å². The molecule has 1 unspecified atom stereocenters. The van der Waals surface area contributed by atoms with Crippen molar-refractivity contribution in [2.45, 2.75) is 26.2 Å². The summed E-state index contributed by atoms with van der Waals surface area (Å²) >= 11 is 7.54. The van der Waals surface area contributed by atoms with Crippen LogP contribution in [0.2, 0.25) is 4.34 Å². The lowest BCUT2D eigenvalue weighted by Crippen LogP contribution is -2.39. The van der Waals surface area contributed by atoms with E-state index in [1.165, 1.54) is 0 Å². The second kappa shape index (κ2) is 13.3. The van der Waals surface area contributed by atoms with Gasteiger partial charge in [-0.3, -0.25) is 4.99 Å². The maximum absolute atomic E-state index is 10.1. The fraction of sp³-hybridized carbons (Fsp3) is 0.421. The number of halogens is 2. The van der Waals surface area contributed by atoms with E-state index >= 15 is 0 Å². The standard InChI is InChI=1S/C19H26ClN3O2S.HI/c1-3-21-19(23(2)12-17-9-10-18(20)26-17)22-11-16(24)14-25-13-15-7-5-4-6-8-15;/h4-10,16,24H,3,11-14H2,1-2H3,(H,21,22);1H. The van der Waals surface area contributed by atoms with Gasteiger partial charge in [0.25, 0.3) is 0 Å².